The Bertz CT molecular complexity index is 611. The van der Waals surface area contributed by atoms with Gasteiger partial charge in [0, 0.05) is 35.6 Å². The molecule has 4 nitrogen and oxygen atoms in total. The first-order valence-electron chi connectivity index (χ1n) is 7.52. The van der Waals surface area contributed by atoms with E-state index in [9.17, 15) is 4.79 Å². The molecule has 0 aromatic heterocycles. The third-order valence-electron chi connectivity index (χ3n) is 5.12. The van der Waals surface area contributed by atoms with E-state index in [0.29, 0.717) is 12.5 Å². The molecule has 2 saturated heterocycles. The van der Waals surface area contributed by atoms with Gasteiger partial charge in [0.15, 0.2) is 0 Å². The largest absolute Gasteiger partial charge is 0.496 e. The first-order chi connectivity index (χ1) is 10.1. The average Bonchev–Trinajstić information content (AvgIpc) is 2.99. The summed E-state index contributed by atoms with van der Waals surface area (Å²) in [5.41, 5.74) is 2.80. The van der Waals surface area contributed by atoms with Crippen LogP contribution in [0.4, 0.5) is 0 Å². The van der Waals surface area contributed by atoms with Crippen LogP contribution in [0.3, 0.4) is 0 Å². The first kappa shape index (κ1) is 13.6. The normalized spacial score (nSPS) is 26.6. The number of fused-ring (bicyclic) bond motifs is 1. The molecule has 0 bridgehead atoms. The van der Waals surface area contributed by atoms with Gasteiger partial charge >= 0.3 is 0 Å². The molecular weight excluding hydrogens is 332 g/mol. The maximum Gasteiger partial charge on any atom is 0.220 e. The molecule has 2 fully saturated rings. The first-order valence-corrected chi connectivity index (χ1v) is 8.31. The fraction of sp³-hybridized carbons (Fsp3) is 0.562. The maximum atomic E-state index is 11.5. The molecule has 2 aliphatic heterocycles. The monoisotopic (exact) mass is 350 g/mol. The molecular formula is C16H19BrN2O2. The van der Waals surface area contributed by atoms with Crippen molar-refractivity contribution < 1.29 is 9.53 Å². The summed E-state index contributed by atoms with van der Waals surface area (Å²) in [5, 5.41) is 3.16. The quantitative estimate of drug-likeness (QED) is 0.890. The van der Waals surface area contributed by atoms with Gasteiger partial charge in [-0.3, -0.25) is 9.69 Å². The lowest BCUT2D eigenvalue weighted by atomic mass is 9.86. The zero-order valence-corrected chi connectivity index (χ0v) is 13.7. The van der Waals surface area contributed by atoms with Gasteiger partial charge in [-0.2, -0.15) is 0 Å². The summed E-state index contributed by atoms with van der Waals surface area (Å²) in [5.74, 6) is 1.20. The lowest BCUT2D eigenvalue weighted by Gasteiger charge is -2.51. The molecule has 0 saturated carbocycles. The lowest BCUT2D eigenvalue weighted by molar-refractivity contribution is -0.121. The fourth-order valence-electron chi connectivity index (χ4n) is 4.17. The SMILES string of the molecule is COc1cc(Br)cc2c1[C@@H](N1CC3(CCC(=O)N3)C1)CC2. The summed E-state index contributed by atoms with van der Waals surface area (Å²) < 4.78 is 6.68. The third-order valence-corrected chi connectivity index (χ3v) is 5.58. The van der Waals surface area contributed by atoms with E-state index in [1.54, 1.807) is 7.11 Å². The Morgan fingerprint density at radius 1 is 1.38 bits per heavy atom. The van der Waals surface area contributed by atoms with E-state index < -0.39 is 0 Å². The lowest BCUT2D eigenvalue weighted by Crippen LogP contribution is -2.67. The Balaban J connectivity index is 1.57. The van der Waals surface area contributed by atoms with Gasteiger partial charge in [-0.15, -0.1) is 0 Å². The molecule has 0 radical (unpaired) electrons. The highest BCUT2D eigenvalue weighted by molar-refractivity contribution is 9.10. The molecule has 0 unspecified atom stereocenters. The second-order valence-electron chi connectivity index (χ2n) is 6.47. The van der Waals surface area contributed by atoms with Gasteiger partial charge in [0.2, 0.25) is 5.91 Å². The number of nitrogens with zero attached hydrogens (tertiary/aromatic N) is 1. The molecule has 3 aliphatic rings. The van der Waals surface area contributed by atoms with Gasteiger partial charge in [0.25, 0.3) is 0 Å². The van der Waals surface area contributed by atoms with E-state index >= 15 is 0 Å². The van der Waals surface area contributed by atoms with Crippen LogP contribution in [0, 0.1) is 0 Å². The number of ether oxygens (including phenoxy) is 1. The van der Waals surface area contributed by atoms with Gasteiger partial charge in [-0.1, -0.05) is 15.9 Å². The van der Waals surface area contributed by atoms with Crippen LogP contribution in [0.5, 0.6) is 5.75 Å². The van der Waals surface area contributed by atoms with Gasteiger partial charge in [0.1, 0.15) is 5.75 Å². The van der Waals surface area contributed by atoms with Crippen LogP contribution < -0.4 is 10.1 Å². The van der Waals surface area contributed by atoms with Crippen LogP contribution >= 0.6 is 15.9 Å². The molecule has 2 heterocycles. The van der Waals surface area contributed by atoms with Crippen LogP contribution in [0.25, 0.3) is 0 Å². The van der Waals surface area contributed by atoms with E-state index in [0.717, 1.165) is 42.6 Å². The van der Waals surface area contributed by atoms with E-state index in [1.165, 1.54) is 11.1 Å². The number of rotatable bonds is 2. The van der Waals surface area contributed by atoms with E-state index in [2.05, 4.69) is 38.3 Å². The Morgan fingerprint density at radius 3 is 2.86 bits per heavy atom. The summed E-state index contributed by atoms with van der Waals surface area (Å²) in [6, 6.07) is 4.71. The number of hydrogen-bond acceptors (Lipinski definition) is 3. The van der Waals surface area contributed by atoms with Crippen molar-refractivity contribution in [2.75, 3.05) is 20.2 Å². The minimum Gasteiger partial charge on any atom is -0.496 e. The van der Waals surface area contributed by atoms with E-state index in [1.807, 2.05) is 0 Å². The van der Waals surface area contributed by atoms with Crippen molar-refractivity contribution in [1.29, 1.82) is 0 Å². The van der Waals surface area contributed by atoms with Crippen LogP contribution in [-0.4, -0.2) is 36.5 Å². The van der Waals surface area contributed by atoms with Crippen molar-refractivity contribution in [3.63, 3.8) is 0 Å². The van der Waals surface area contributed by atoms with E-state index in [-0.39, 0.29) is 11.4 Å². The van der Waals surface area contributed by atoms with Gasteiger partial charge in [0.05, 0.1) is 12.6 Å². The number of halogens is 1. The van der Waals surface area contributed by atoms with Crippen molar-refractivity contribution in [3.05, 3.63) is 27.7 Å². The van der Waals surface area contributed by atoms with Crippen LogP contribution in [0.2, 0.25) is 0 Å². The number of nitrogens with one attached hydrogen (secondary N) is 1. The molecule has 112 valence electrons. The zero-order chi connectivity index (χ0) is 14.6. The standard InChI is InChI=1S/C16H19BrN2O2/c1-21-13-7-11(17)6-10-2-3-12(15(10)13)19-8-16(9-19)5-4-14(20)18-16/h6-7,12H,2-5,8-9H2,1H3,(H,18,20)/t12-/m0/s1. The molecule has 21 heavy (non-hydrogen) atoms. The number of benzene rings is 1. The second-order valence-corrected chi connectivity index (χ2v) is 7.38. The summed E-state index contributed by atoms with van der Waals surface area (Å²) >= 11 is 3.56. The molecule has 1 aromatic rings. The van der Waals surface area contributed by atoms with Gasteiger partial charge in [-0.05, 0) is 37.0 Å². The highest BCUT2D eigenvalue weighted by atomic mass is 79.9. The number of carbonyl (C=O) groups is 1. The number of likely N-dealkylation sites (tertiary alicyclic amines) is 1. The summed E-state index contributed by atoms with van der Waals surface area (Å²) in [7, 11) is 1.74. The fourth-order valence-corrected chi connectivity index (χ4v) is 4.65. The topological polar surface area (TPSA) is 41.6 Å². The highest BCUT2D eigenvalue weighted by Crippen LogP contribution is 2.47. The predicted octanol–water partition coefficient (Wildman–Crippen LogP) is 2.41. The van der Waals surface area contributed by atoms with E-state index in [4.69, 9.17) is 4.74 Å². The van der Waals surface area contributed by atoms with Crippen molar-refractivity contribution >= 4 is 21.8 Å². The Labute approximate surface area is 133 Å². The predicted molar refractivity (Wildman–Crippen MR) is 83.4 cm³/mol. The van der Waals surface area contributed by atoms with Crippen LogP contribution in [0.1, 0.15) is 36.4 Å². The molecule has 1 N–H and O–H groups in total. The summed E-state index contributed by atoms with van der Waals surface area (Å²) in [6.07, 6.45) is 3.92. The van der Waals surface area contributed by atoms with Gasteiger partial charge < -0.3 is 10.1 Å². The third kappa shape index (κ3) is 2.09. The molecule has 1 aromatic carbocycles. The van der Waals surface area contributed by atoms with Crippen molar-refractivity contribution in [3.8, 4) is 5.75 Å². The maximum absolute atomic E-state index is 11.5. The van der Waals surface area contributed by atoms with Crippen LogP contribution in [0.15, 0.2) is 16.6 Å². The Kier molecular flexibility index (Phi) is 3.05. The van der Waals surface area contributed by atoms with Crippen LogP contribution in [-0.2, 0) is 11.2 Å². The zero-order valence-electron chi connectivity index (χ0n) is 12.1. The molecule has 1 aliphatic carbocycles. The smallest absolute Gasteiger partial charge is 0.220 e. The number of carbonyl (C=O) groups excluding carboxylic acids is 1. The molecule has 4 rings (SSSR count). The summed E-state index contributed by atoms with van der Waals surface area (Å²) in [4.78, 5) is 14.0. The van der Waals surface area contributed by atoms with Crippen molar-refractivity contribution in [1.82, 2.24) is 10.2 Å². The number of hydrogen-bond donors (Lipinski definition) is 1. The minimum absolute atomic E-state index is 0.0580. The number of amides is 1. The Hall–Kier alpha value is -1.07. The molecule has 5 heteroatoms. The highest BCUT2D eigenvalue weighted by Gasteiger charge is 2.50. The van der Waals surface area contributed by atoms with Crippen molar-refractivity contribution in [2.45, 2.75) is 37.3 Å². The minimum atomic E-state index is 0.0580. The number of methoxy groups -OCH3 is 1. The van der Waals surface area contributed by atoms with Gasteiger partial charge in [-0.25, -0.2) is 0 Å². The van der Waals surface area contributed by atoms with Crippen molar-refractivity contribution in [2.24, 2.45) is 0 Å². The second kappa shape index (κ2) is 4.71. The molecule has 1 atom stereocenters. The molecule has 1 amide bonds. The average molecular weight is 351 g/mol. The Morgan fingerprint density at radius 2 is 2.19 bits per heavy atom. The number of aryl methyl sites for hydroxylation is 1. The summed E-state index contributed by atoms with van der Waals surface area (Å²) in [6.45, 7) is 1.95. The molecule has 1 spiro atoms.